The van der Waals surface area contributed by atoms with Crippen molar-refractivity contribution in [1.29, 1.82) is 0 Å². The Morgan fingerprint density at radius 3 is 3.08 bits per heavy atom. The molecule has 2 heterocycles. The molecule has 0 aliphatic heterocycles. The van der Waals surface area contributed by atoms with Crippen LogP contribution in [-0.4, -0.2) is 15.0 Å². The lowest BCUT2D eigenvalue weighted by Crippen LogP contribution is -1.82. The molecule has 2 aromatic rings. The van der Waals surface area contributed by atoms with Crippen LogP contribution in [0.3, 0.4) is 0 Å². The minimum absolute atomic E-state index is 0.810. The van der Waals surface area contributed by atoms with E-state index in [0.717, 1.165) is 23.4 Å². The number of nitrogens with zero attached hydrogens (tertiary/aromatic N) is 2. The smallest absolute Gasteiger partial charge is 0.177 e. The van der Waals surface area contributed by atoms with Gasteiger partial charge in [-0.3, -0.25) is 0 Å². The van der Waals surface area contributed by atoms with Gasteiger partial charge in [-0.15, -0.1) is 0 Å². The van der Waals surface area contributed by atoms with Crippen LogP contribution in [0.2, 0.25) is 0 Å². The summed E-state index contributed by atoms with van der Waals surface area (Å²) in [5.41, 5.74) is 3.09. The quantitative estimate of drug-likeness (QED) is 0.693. The predicted octanol–water partition coefficient (Wildman–Crippen LogP) is 1.83. The Hall–Kier alpha value is -1.38. The highest BCUT2D eigenvalue weighted by atomic mass is 15.0. The lowest BCUT2D eigenvalue weighted by atomic mass is 10.2. The van der Waals surface area contributed by atoms with Crippen LogP contribution >= 0.6 is 0 Å². The molecule has 2 rings (SSSR count). The number of imidazole rings is 1. The highest BCUT2D eigenvalue weighted by Crippen LogP contribution is 2.10. The van der Waals surface area contributed by atoms with Crippen LogP contribution in [0, 0.1) is 6.92 Å². The summed E-state index contributed by atoms with van der Waals surface area (Å²) in [6, 6.07) is 2.10. The van der Waals surface area contributed by atoms with E-state index in [9.17, 15) is 0 Å². The van der Waals surface area contributed by atoms with Crippen molar-refractivity contribution in [2.75, 3.05) is 0 Å². The van der Waals surface area contributed by atoms with E-state index in [0.29, 0.717) is 0 Å². The Balaban J connectivity index is 2.66. The maximum Gasteiger partial charge on any atom is 0.177 e. The maximum absolute atomic E-state index is 4.23. The zero-order valence-electron chi connectivity index (χ0n) is 7.26. The first kappa shape index (κ1) is 7.28. The van der Waals surface area contributed by atoms with Crippen molar-refractivity contribution in [3.63, 3.8) is 0 Å². The number of H-pyrrole nitrogens is 1. The second kappa shape index (κ2) is 2.59. The molecule has 0 amide bonds. The van der Waals surface area contributed by atoms with E-state index in [-0.39, 0.29) is 0 Å². The van der Waals surface area contributed by atoms with E-state index in [1.807, 2.05) is 13.1 Å². The first-order valence-corrected chi connectivity index (χ1v) is 4.11. The summed E-state index contributed by atoms with van der Waals surface area (Å²) in [5.74, 6) is 0.922. The topological polar surface area (TPSA) is 41.6 Å². The van der Waals surface area contributed by atoms with Gasteiger partial charge < -0.3 is 4.98 Å². The van der Waals surface area contributed by atoms with Gasteiger partial charge in [-0.05, 0) is 25.0 Å². The number of hydrogen-bond acceptors (Lipinski definition) is 2. The third kappa shape index (κ3) is 1.07. The number of hydrogen-bond donors (Lipinski definition) is 1. The Kier molecular flexibility index (Phi) is 1.57. The van der Waals surface area contributed by atoms with Crippen LogP contribution in [0.1, 0.15) is 18.3 Å². The summed E-state index contributed by atoms with van der Waals surface area (Å²) in [5, 5.41) is 0. The van der Waals surface area contributed by atoms with Crippen LogP contribution in [0.25, 0.3) is 11.2 Å². The van der Waals surface area contributed by atoms with Gasteiger partial charge in [0.25, 0.3) is 0 Å². The number of fused-ring (bicyclic) bond motifs is 1. The molecule has 0 atom stereocenters. The summed E-state index contributed by atoms with van der Waals surface area (Å²) >= 11 is 0. The molecule has 0 aliphatic rings. The van der Waals surface area contributed by atoms with E-state index in [2.05, 4.69) is 27.9 Å². The molecule has 0 saturated heterocycles. The van der Waals surface area contributed by atoms with Crippen molar-refractivity contribution in [3.05, 3.63) is 23.7 Å². The average molecular weight is 161 g/mol. The van der Waals surface area contributed by atoms with Crippen LogP contribution in [0.5, 0.6) is 0 Å². The second-order valence-electron chi connectivity index (χ2n) is 2.89. The number of aromatic nitrogens is 3. The normalized spacial score (nSPS) is 10.8. The van der Waals surface area contributed by atoms with E-state index in [1.54, 1.807) is 0 Å². The number of aryl methyl sites for hydroxylation is 2. The van der Waals surface area contributed by atoms with E-state index >= 15 is 0 Å². The zero-order valence-corrected chi connectivity index (χ0v) is 7.26. The zero-order chi connectivity index (χ0) is 8.55. The fraction of sp³-hybridized carbons (Fsp3) is 0.333. The third-order valence-electron chi connectivity index (χ3n) is 1.92. The second-order valence-corrected chi connectivity index (χ2v) is 2.89. The van der Waals surface area contributed by atoms with E-state index < -0.39 is 0 Å². The van der Waals surface area contributed by atoms with Crippen molar-refractivity contribution in [1.82, 2.24) is 15.0 Å². The molecule has 3 heteroatoms. The van der Waals surface area contributed by atoms with Crippen LogP contribution in [0.4, 0.5) is 0 Å². The van der Waals surface area contributed by atoms with Gasteiger partial charge in [-0.25, -0.2) is 9.97 Å². The highest BCUT2D eigenvalue weighted by molar-refractivity contribution is 5.70. The lowest BCUT2D eigenvalue weighted by molar-refractivity contribution is 1.11. The lowest BCUT2D eigenvalue weighted by Gasteiger charge is -1.92. The predicted molar refractivity (Wildman–Crippen MR) is 48.0 cm³/mol. The van der Waals surface area contributed by atoms with Gasteiger partial charge >= 0.3 is 0 Å². The maximum atomic E-state index is 4.23. The molecule has 0 bridgehead atoms. The molecule has 2 aromatic heterocycles. The van der Waals surface area contributed by atoms with Gasteiger partial charge in [0, 0.05) is 6.20 Å². The average Bonchev–Trinajstić information content (AvgIpc) is 2.43. The molecule has 3 nitrogen and oxygen atoms in total. The monoisotopic (exact) mass is 161 g/mol. The molecule has 0 aromatic carbocycles. The first-order chi connectivity index (χ1) is 5.79. The van der Waals surface area contributed by atoms with Crippen molar-refractivity contribution in [2.24, 2.45) is 0 Å². The molecule has 0 fully saturated rings. The largest absolute Gasteiger partial charge is 0.341 e. The minimum atomic E-state index is 0.810. The molecule has 1 N–H and O–H groups in total. The Bertz CT molecular complexity index is 403. The molecule has 62 valence electrons. The van der Waals surface area contributed by atoms with Crippen LogP contribution in [-0.2, 0) is 6.42 Å². The van der Waals surface area contributed by atoms with Crippen LogP contribution in [0.15, 0.2) is 12.3 Å². The van der Waals surface area contributed by atoms with Crippen LogP contribution < -0.4 is 0 Å². The Labute approximate surface area is 70.9 Å². The molecule has 12 heavy (non-hydrogen) atoms. The van der Waals surface area contributed by atoms with Crippen molar-refractivity contribution >= 4 is 11.2 Å². The first-order valence-electron chi connectivity index (χ1n) is 4.11. The highest BCUT2D eigenvalue weighted by Gasteiger charge is 1.99. The van der Waals surface area contributed by atoms with Crippen molar-refractivity contribution < 1.29 is 0 Å². The molecular weight excluding hydrogens is 150 g/mol. The summed E-state index contributed by atoms with van der Waals surface area (Å²) < 4.78 is 0. The Morgan fingerprint density at radius 2 is 2.33 bits per heavy atom. The van der Waals surface area contributed by atoms with Gasteiger partial charge in [-0.2, -0.15) is 0 Å². The molecule has 0 saturated carbocycles. The summed E-state index contributed by atoms with van der Waals surface area (Å²) in [6.07, 6.45) is 2.89. The summed E-state index contributed by atoms with van der Waals surface area (Å²) in [6.45, 7) is 4.05. The van der Waals surface area contributed by atoms with Crippen molar-refractivity contribution in [2.45, 2.75) is 20.3 Å². The van der Waals surface area contributed by atoms with Gasteiger partial charge in [0.2, 0.25) is 0 Å². The third-order valence-corrected chi connectivity index (χ3v) is 1.92. The summed E-state index contributed by atoms with van der Waals surface area (Å²) in [4.78, 5) is 11.6. The van der Waals surface area contributed by atoms with E-state index in [4.69, 9.17) is 0 Å². The van der Waals surface area contributed by atoms with E-state index in [1.165, 1.54) is 5.56 Å². The fourth-order valence-corrected chi connectivity index (χ4v) is 1.26. The number of rotatable bonds is 1. The van der Waals surface area contributed by atoms with Gasteiger partial charge in [0.1, 0.15) is 5.82 Å². The molecule has 0 spiro atoms. The number of pyridine rings is 1. The van der Waals surface area contributed by atoms with Gasteiger partial charge in [-0.1, -0.05) is 6.92 Å². The molecule has 0 unspecified atom stereocenters. The number of nitrogens with one attached hydrogen (secondary N) is 1. The Morgan fingerprint density at radius 1 is 1.50 bits per heavy atom. The fourth-order valence-electron chi connectivity index (χ4n) is 1.26. The number of aromatic amines is 1. The SMILES string of the molecule is CCc1cnc2nc(C)[nH]c2c1. The summed E-state index contributed by atoms with van der Waals surface area (Å²) in [7, 11) is 0. The molecular formula is C9H11N3. The van der Waals surface area contributed by atoms with Gasteiger partial charge in [0.05, 0.1) is 5.52 Å². The molecule has 0 radical (unpaired) electrons. The van der Waals surface area contributed by atoms with Crippen molar-refractivity contribution in [3.8, 4) is 0 Å². The minimum Gasteiger partial charge on any atom is -0.341 e. The van der Waals surface area contributed by atoms with Gasteiger partial charge in [0.15, 0.2) is 5.65 Å². The standard InChI is InChI=1S/C9H11N3/c1-3-7-4-8-9(10-5-7)12-6(2)11-8/h4-5H,3H2,1-2H3,(H,10,11,12). The molecule has 0 aliphatic carbocycles.